The molecule has 102 valence electrons. The minimum absolute atomic E-state index is 0.452. The van der Waals surface area contributed by atoms with Crippen molar-refractivity contribution in [2.75, 3.05) is 5.73 Å². The van der Waals surface area contributed by atoms with Gasteiger partial charge in [0.2, 0.25) is 0 Å². The summed E-state index contributed by atoms with van der Waals surface area (Å²) in [4.78, 5) is 8.79. The van der Waals surface area contributed by atoms with Gasteiger partial charge in [-0.25, -0.2) is 4.98 Å². The number of aromatic nitrogens is 3. The van der Waals surface area contributed by atoms with Crippen LogP contribution in [0, 0.1) is 13.8 Å². The molecule has 0 aliphatic rings. The van der Waals surface area contributed by atoms with Crippen molar-refractivity contribution in [3.8, 4) is 11.5 Å². The summed E-state index contributed by atoms with van der Waals surface area (Å²) >= 11 is 1.61. The molecule has 0 saturated carbocycles. The summed E-state index contributed by atoms with van der Waals surface area (Å²) in [6.45, 7) is 3.93. The van der Waals surface area contributed by atoms with E-state index in [4.69, 9.17) is 10.3 Å². The van der Waals surface area contributed by atoms with Gasteiger partial charge in [-0.15, -0.1) is 11.3 Å². The van der Waals surface area contributed by atoms with Crippen LogP contribution < -0.4 is 5.73 Å². The zero-order valence-electron chi connectivity index (χ0n) is 11.3. The lowest BCUT2D eigenvalue weighted by Crippen LogP contribution is -1.94. The molecule has 20 heavy (non-hydrogen) atoms. The molecule has 0 atom stereocenters. The van der Waals surface area contributed by atoms with Gasteiger partial charge in [0.15, 0.2) is 5.82 Å². The van der Waals surface area contributed by atoms with E-state index in [9.17, 15) is 0 Å². The highest BCUT2D eigenvalue weighted by molar-refractivity contribution is 7.09. The Morgan fingerprint density at radius 3 is 2.85 bits per heavy atom. The van der Waals surface area contributed by atoms with E-state index in [1.165, 1.54) is 0 Å². The highest BCUT2D eigenvalue weighted by atomic mass is 32.1. The smallest absolute Gasteiger partial charge is 0.260 e. The van der Waals surface area contributed by atoms with Crippen LogP contribution >= 0.6 is 11.3 Å². The molecule has 3 rings (SSSR count). The number of nitrogen functional groups attached to an aromatic ring is 1. The van der Waals surface area contributed by atoms with Crippen molar-refractivity contribution < 1.29 is 4.52 Å². The van der Waals surface area contributed by atoms with E-state index in [0.717, 1.165) is 21.8 Å². The van der Waals surface area contributed by atoms with Gasteiger partial charge in [-0.2, -0.15) is 4.98 Å². The monoisotopic (exact) mass is 286 g/mol. The predicted molar refractivity (Wildman–Crippen MR) is 78.5 cm³/mol. The van der Waals surface area contributed by atoms with Crippen LogP contribution in [0.25, 0.3) is 11.5 Å². The van der Waals surface area contributed by atoms with Gasteiger partial charge in [-0.1, -0.05) is 17.3 Å². The summed E-state index contributed by atoms with van der Waals surface area (Å²) in [5, 5.41) is 7.03. The summed E-state index contributed by atoms with van der Waals surface area (Å²) in [7, 11) is 0. The van der Waals surface area contributed by atoms with E-state index in [2.05, 4.69) is 15.1 Å². The average molecular weight is 286 g/mol. The third-order valence-corrected chi connectivity index (χ3v) is 3.85. The van der Waals surface area contributed by atoms with Gasteiger partial charge in [-0.05, 0) is 25.5 Å². The van der Waals surface area contributed by atoms with Crippen LogP contribution in [0.3, 0.4) is 0 Å². The topological polar surface area (TPSA) is 77.8 Å². The Labute approximate surface area is 120 Å². The number of benzene rings is 1. The van der Waals surface area contributed by atoms with Gasteiger partial charge in [0.1, 0.15) is 0 Å². The van der Waals surface area contributed by atoms with Gasteiger partial charge >= 0.3 is 0 Å². The van der Waals surface area contributed by atoms with E-state index < -0.39 is 0 Å². The SMILES string of the molecule is Cc1nc(Cc2noc(-c3cccc(C)c3N)n2)cs1. The first kappa shape index (κ1) is 12.8. The van der Waals surface area contributed by atoms with Crippen molar-refractivity contribution in [2.45, 2.75) is 20.3 Å². The molecule has 1 aromatic carbocycles. The average Bonchev–Trinajstić information content (AvgIpc) is 3.03. The van der Waals surface area contributed by atoms with Crippen molar-refractivity contribution in [3.63, 3.8) is 0 Å². The lowest BCUT2D eigenvalue weighted by Gasteiger charge is -2.02. The van der Waals surface area contributed by atoms with Gasteiger partial charge in [0.05, 0.1) is 22.7 Å². The van der Waals surface area contributed by atoms with Crippen molar-refractivity contribution in [3.05, 3.63) is 45.7 Å². The Balaban J connectivity index is 1.88. The van der Waals surface area contributed by atoms with Crippen molar-refractivity contribution in [2.24, 2.45) is 0 Å². The van der Waals surface area contributed by atoms with Crippen LogP contribution in [-0.2, 0) is 6.42 Å². The first-order chi connectivity index (χ1) is 9.63. The lowest BCUT2D eigenvalue weighted by molar-refractivity contribution is 0.424. The molecule has 2 aromatic heterocycles. The first-order valence-electron chi connectivity index (χ1n) is 6.22. The van der Waals surface area contributed by atoms with Crippen LogP contribution in [0.1, 0.15) is 22.1 Å². The molecule has 5 nitrogen and oxygen atoms in total. The van der Waals surface area contributed by atoms with Gasteiger partial charge < -0.3 is 10.3 Å². The lowest BCUT2D eigenvalue weighted by atomic mass is 10.1. The number of rotatable bonds is 3. The largest absolute Gasteiger partial charge is 0.398 e. The summed E-state index contributed by atoms with van der Waals surface area (Å²) < 4.78 is 5.30. The van der Waals surface area contributed by atoms with E-state index in [-0.39, 0.29) is 0 Å². The maximum absolute atomic E-state index is 6.04. The molecule has 0 amide bonds. The number of hydrogen-bond acceptors (Lipinski definition) is 6. The molecule has 2 heterocycles. The molecule has 3 aromatic rings. The number of para-hydroxylation sites is 1. The van der Waals surface area contributed by atoms with Crippen molar-refractivity contribution in [1.29, 1.82) is 0 Å². The summed E-state index contributed by atoms with van der Waals surface area (Å²) in [6.07, 6.45) is 0.569. The zero-order valence-corrected chi connectivity index (χ0v) is 12.1. The molecule has 0 aliphatic carbocycles. The van der Waals surface area contributed by atoms with Gasteiger partial charge in [0, 0.05) is 11.1 Å². The molecule has 0 radical (unpaired) electrons. The van der Waals surface area contributed by atoms with E-state index in [0.29, 0.717) is 23.8 Å². The quantitative estimate of drug-likeness (QED) is 0.749. The fourth-order valence-corrected chi connectivity index (χ4v) is 2.57. The molecule has 6 heteroatoms. The molecule has 0 fully saturated rings. The second-order valence-electron chi connectivity index (χ2n) is 4.59. The zero-order chi connectivity index (χ0) is 14.1. The normalized spacial score (nSPS) is 10.9. The van der Waals surface area contributed by atoms with Crippen molar-refractivity contribution in [1.82, 2.24) is 15.1 Å². The fourth-order valence-electron chi connectivity index (χ4n) is 1.95. The minimum atomic E-state index is 0.452. The van der Waals surface area contributed by atoms with Crippen LogP contribution in [0.4, 0.5) is 5.69 Å². The molecule has 2 N–H and O–H groups in total. The van der Waals surface area contributed by atoms with E-state index in [1.54, 1.807) is 11.3 Å². The maximum atomic E-state index is 6.04. The Hall–Kier alpha value is -2.21. The highest BCUT2D eigenvalue weighted by Gasteiger charge is 2.13. The summed E-state index contributed by atoms with van der Waals surface area (Å²) in [6, 6.07) is 5.76. The molecular formula is C14H14N4OS. The Bertz CT molecular complexity index is 747. The molecule has 0 aliphatic heterocycles. The maximum Gasteiger partial charge on any atom is 0.260 e. The molecule has 0 unspecified atom stereocenters. The molecular weight excluding hydrogens is 272 g/mol. The van der Waals surface area contributed by atoms with Crippen LogP contribution in [0.2, 0.25) is 0 Å². The Kier molecular flexibility index (Phi) is 3.23. The fraction of sp³-hybridized carbons (Fsp3) is 0.214. The van der Waals surface area contributed by atoms with Gasteiger partial charge in [-0.3, -0.25) is 0 Å². The predicted octanol–water partition coefficient (Wildman–Crippen LogP) is 2.98. The molecule has 0 bridgehead atoms. The highest BCUT2D eigenvalue weighted by Crippen LogP contribution is 2.27. The van der Waals surface area contributed by atoms with Crippen LogP contribution in [-0.4, -0.2) is 15.1 Å². The molecule has 0 spiro atoms. The first-order valence-corrected chi connectivity index (χ1v) is 7.10. The Morgan fingerprint density at radius 1 is 1.25 bits per heavy atom. The second kappa shape index (κ2) is 5.05. The summed E-state index contributed by atoms with van der Waals surface area (Å²) in [5.41, 5.74) is 9.44. The third-order valence-electron chi connectivity index (χ3n) is 3.03. The number of aryl methyl sites for hydroxylation is 2. The number of nitrogens with zero attached hydrogens (tertiary/aromatic N) is 3. The molecule has 0 saturated heterocycles. The van der Waals surface area contributed by atoms with E-state index in [1.807, 2.05) is 37.4 Å². The number of anilines is 1. The number of thiazole rings is 1. The van der Waals surface area contributed by atoms with Crippen LogP contribution in [0.5, 0.6) is 0 Å². The van der Waals surface area contributed by atoms with Crippen LogP contribution in [0.15, 0.2) is 28.1 Å². The minimum Gasteiger partial charge on any atom is -0.398 e. The number of nitrogens with two attached hydrogens (primary N) is 1. The summed E-state index contributed by atoms with van der Waals surface area (Å²) in [5.74, 6) is 1.07. The van der Waals surface area contributed by atoms with Gasteiger partial charge in [0.25, 0.3) is 5.89 Å². The number of hydrogen-bond donors (Lipinski definition) is 1. The Morgan fingerprint density at radius 2 is 2.10 bits per heavy atom. The standard InChI is InChI=1S/C14H14N4OS/c1-8-4-3-5-11(13(8)15)14-17-12(18-19-14)6-10-7-20-9(2)16-10/h3-5,7H,6,15H2,1-2H3. The van der Waals surface area contributed by atoms with Crippen molar-refractivity contribution >= 4 is 17.0 Å². The second-order valence-corrected chi connectivity index (χ2v) is 5.65. The third kappa shape index (κ3) is 2.42. The van der Waals surface area contributed by atoms with E-state index >= 15 is 0 Å².